The van der Waals surface area contributed by atoms with Crippen LogP contribution in [-0.2, 0) is 12.6 Å². The van der Waals surface area contributed by atoms with Gasteiger partial charge in [-0.1, -0.05) is 23.8 Å². The van der Waals surface area contributed by atoms with Crippen molar-refractivity contribution in [1.82, 2.24) is 0 Å². The molecule has 0 saturated heterocycles. The van der Waals surface area contributed by atoms with E-state index in [1.54, 1.807) is 6.07 Å². The van der Waals surface area contributed by atoms with Gasteiger partial charge in [-0.15, -0.1) is 0 Å². The molecule has 0 aliphatic rings. The molecular weight excluding hydrogens is 269 g/mol. The molecule has 0 spiro atoms. The number of alkyl halides is 3. The van der Waals surface area contributed by atoms with Crippen LogP contribution >= 0.6 is 0 Å². The third-order valence-electron chi connectivity index (χ3n) is 1.54. The first-order valence-corrected chi connectivity index (χ1v) is 3.49. The van der Waals surface area contributed by atoms with Gasteiger partial charge in [0.1, 0.15) is 0 Å². The minimum absolute atomic E-state index is 0. The average molecular weight is 277 g/mol. The van der Waals surface area contributed by atoms with Crippen molar-refractivity contribution < 1.29 is 30.2 Å². The van der Waals surface area contributed by atoms with Crippen LogP contribution in [0.5, 0.6) is 0 Å². The van der Waals surface area contributed by atoms with Crippen molar-refractivity contribution in [1.29, 1.82) is 0 Å². The molecule has 0 aliphatic carbocycles. The van der Waals surface area contributed by atoms with Crippen molar-refractivity contribution >= 4 is 23.1 Å². The maximum absolute atomic E-state index is 12.1. The largest absolute Gasteiger partial charge is 2.00 e. The summed E-state index contributed by atoms with van der Waals surface area (Å²) in [6.07, 6.45) is -3.87. The smallest absolute Gasteiger partial charge is 1.00 e. The number of halogens is 4. The number of benzene rings is 1. The number of hydrogen-bond donors (Lipinski definition) is 0. The van der Waals surface area contributed by atoms with Crippen molar-refractivity contribution in [2.75, 3.05) is 0 Å². The zero-order chi connectivity index (χ0) is 9.19. The molecule has 0 N–H and O–H groups in total. The van der Waals surface area contributed by atoms with E-state index < -0.39 is 11.7 Å². The SMILES string of the molecule is [Br-].[CH2-]Cc1cccc(C(F)(F)F)c1.[Mg+2]. The van der Waals surface area contributed by atoms with E-state index in [2.05, 4.69) is 6.92 Å². The molecule has 0 bridgehead atoms. The van der Waals surface area contributed by atoms with Gasteiger partial charge in [-0.25, -0.2) is 0 Å². The minimum atomic E-state index is -4.24. The molecule has 0 unspecified atom stereocenters. The Hall–Kier alpha value is 0.256. The molecule has 0 aromatic heterocycles. The molecule has 0 radical (unpaired) electrons. The van der Waals surface area contributed by atoms with E-state index in [0.717, 1.165) is 12.1 Å². The standard InChI is InChI=1S/C9H8F3.BrH.Mg/c1-2-7-4-3-5-8(6-7)9(10,11)12;;/h3-6H,1-2H2;1H;/q-1;;+2/p-1. The summed E-state index contributed by atoms with van der Waals surface area (Å²) in [6, 6.07) is 5.19. The summed E-state index contributed by atoms with van der Waals surface area (Å²) in [5, 5.41) is 0. The fourth-order valence-electron chi connectivity index (χ4n) is 0.903. The summed E-state index contributed by atoms with van der Waals surface area (Å²) in [6.45, 7) is 3.51. The van der Waals surface area contributed by atoms with Crippen molar-refractivity contribution in [3.63, 3.8) is 0 Å². The van der Waals surface area contributed by atoms with E-state index in [4.69, 9.17) is 0 Å². The summed E-state index contributed by atoms with van der Waals surface area (Å²) >= 11 is 0. The van der Waals surface area contributed by atoms with Crippen LogP contribution in [0.25, 0.3) is 0 Å². The zero-order valence-electron chi connectivity index (χ0n) is 7.44. The minimum Gasteiger partial charge on any atom is -1.00 e. The molecule has 5 heteroatoms. The third kappa shape index (κ3) is 4.66. The normalized spacial score (nSPS) is 10.0. The van der Waals surface area contributed by atoms with Crippen LogP contribution in [0.4, 0.5) is 13.2 Å². The van der Waals surface area contributed by atoms with Crippen LogP contribution in [-0.4, -0.2) is 23.1 Å². The summed E-state index contributed by atoms with van der Waals surface area (Å²) < 4.78 is 36.3. The Morgan fingerprint density at radius 1 is 1.21 bits per heavy atom. The van der Waals surface area contributed by atoms with Crippen molar-refractivity contribution in [2.45, 2.75) is 12.6 Å². The second kappa shape index (κ2) is 6.69. The molecule has 1 rings (SSSR count). The fourth-order valence-corrected chi connectivity index (χ4v) is 0.903. The molecule has 74 valence electrons. The molecule has 0 aliphatic heterocycles. The van der Waals surface area contributed by atoms with Gasteiger partial charge >= 0.3 is 29.2 Å². The Kier molecular flexibility index (Phi) is 7.97. The van der Waals surface area contributed by atoms with Crippen LogP contribution in [0.3, 0.4) is 0 Å². The second-order valence-electron chi connectivity index (χ2n) is 2.45. The predicted molar refractivity (Wildman–Crippen MR) is 46.3 cm³/mol. The first-order valence-electron chi connectivity index (χ1n) is 3.49. The van der Waals surface area contributed by atoms with Gasteiger partial charge in [0, 0.05) is 0 Å². The first kappa shape index (κ1) is 16.7. The molecule has 0 fully saturated rings. The monoisotopic (exact) mass is 276 g/mol. The van der Waals surface area contributed by atoms with Crippen LogP contribution in [0.1, 0.15) is 11.1 Å². The van der Waals surface area contributed by atoms with Crippen molar-refractivity contribution in [3.05, 3.63) is 42.3 Å². The van der Waals surface area contributed by atoms with Crippen molar-refractivity contribution in [2.24, 2.45) is 0 Å². The Labute approximate surface area is 108 Å². The van der Waals surface area contributed by atoms with Gasteiger partial charge in [0.25, 0.3) is 0 Å². The van der Waals surface area contributed by atoms with E-state index in [1.165, 1.54) is 6.07 Å². The molecule has 0 heterocycles. The molecule has 0 atom stereocenters. The van der Waals surface area contributed by atoms with Crippen LogP contribution < -0.4 is 17.0 Å². The molecule has 0 amide bonds. The Morgan fingerprint density at radius 3 is 2.21 bits per heavy atom. The Morgan fingerprint density at radius 2 is 1.79 bits per heavy atom. The quantitative estimate of drug-likeness (QED) is 0.489. The van der Waals surface area contributed by atoms with Gasteiger partial charge < -0.3 is 23.9 Å². The molecule has 14 heavy (non-hydrogen) atoms. The zero-order valence-corrected chi connectivity index (χ0v) is 10.4. The molecular formula is C9H8BrF3Mg. The maximum atomic E-state index is 12.1. The van der Waals surface area contributed by atoms with E-state index in [9.17, 15) is 13.2 Å². The van der Waals surface area contributed by atoms with Gasteiger partial charge in [-0.3, -0.25) is 0 Å². The van der Waals surface area contributed by atoms with E-state index >= 15 is 0 Å². The van der Waals surface area contributed by atoms with Crippen LogP contribution in [0.2, 0.25) is 0 Å². The average Bonchev–Trinajstić information content (AvgIpc) is 2.03. The van der Waals surface area contributed by atoms with E-state index in [1.807, 2.05) is 0 Å². The van der Waals surface area contributed by atoms with Gasteiger partial charge in [-0.2, -0.15) is 19.6 Å². The summed E-state index contributed by atoms with van der Waals surface area (Å²) in [5.41, 5.74) is -0.00604. The third-order valence-corrected chi connectivity index (χ3v) is 1.54. The fraction of sp³-hybridized carbons (Fsp3) is 0.222. The maximum Gasteiger partial charge on any atom is 2.00 e. The molecule has 0 nitrogen and oxygen atoms in total. The Bertz CT molecular complexity index is 273. The summed E-state index contributed by atoms with van der Waals surface area (Å²) in [4.78, 5) is 0. The van der Waals surface area contributed by atoms with Gasteiger partial charge in [0.15, 0.2) is 0 Å². The topological polar surface area (TPSA) is 0 Å². The Balaban J connectivity index is 0. The van der Waals surface area contributed by atoms with Gasteiger partial charge in [-0.05, 0) is 6.07 Å². The van der Waals surface area contributed by atoms with E-state index in [-0.39, 0.29) is 40.0 Å². The predicted octanol–water partition coefficient (Wildman–Crippen LogP) is -0.295. The summed E-state index contributed by atoms with van der Waals surface area (Å²) in [5.74, 6) is 0. The first-order chi connectivity index (χ1) is 5.54. The number of rotatable bonds is 1. The van der Waals surface area contributed by atoms with Gasteiger partial charge in [0.2, 0.25) is 0 Å². The van der Waals surface area contributed by atoms with Crippen LogP contribution in [0.15, 0.2) is 24.3 Å². The van der Waals surface area contributed by atoms with E-state index in [0.29, 0.717) is 12.0 Å². The molecule has 0 saturated carbocycles. The summed E-state index contributed by atoms with van der Waals surface area (Å²) in [7, 11) is 0. The van der Waals surface area contributed by atoms with Gasteiger partial charge in [0.05, 0.1) is 5.56 Å². The molecule has 1 aromatic carbocycles. The molecule has 1 aromatic rings. The second-order valence-corrected chi connectivity index (χ2v) is 2.45. The van der Waals surface area contributed by atoms with Crippen molar-refractivity contribution in [3.8, 4) is 0 Å². The van der Waals surface area contributed by atoms with Crippen LogP contribution in [0, 0.1) is 6.92 Å². The number of hydrogen-bond acceptors (Lipinski definition) is 0.